The van der Waals surface area contributed by atoms with Crippen LogP contribution in [0.5, 0.6) is 0 Å². The third-order valence-corrected chi connectivity index (χ3v) is 5.03. The van der Waals surface area contributed by atoms with Gasteiger partial charge in [-0.25, -0.2) is 0 Å². The van der Waals surface area contributed by atoms with Crippen LogP contribution in [-0.2, 0) is 4.74 Å². The summed E-state index contributed by atoms with van der Waals surface area (Å²) in [5.74, 6) is 0.451. The van der Waals surface area contributed by atoms with Crippen molar-refractivity contribution in [2.24, 2.45) is 5.92 Å². The number of nitrogens with one attached hydrogen (secondary N) is 1. The molecule has 0 heterocycles. The second-order valence-corrected chi connectivity index (χ2v) is 7.25. The number of benzene rings is 3. The van der Waals surface area contributed by atoms with Gasteiger partial charge >= 0.3 is 0 Å². The average Bonchev–Trinajstić information content (AvgIpc) is 2.73. The van der Waals surface area contributed by atoms with Crippen LogP contribution in [0.3, 0.4) is 0 Å². The quantitative estimate of drug-likeness (QED) is 0.524. The first kappa shape index (κ1) is 19.3. The molecule has 0 unspecified atom stereocenters. The lowest BCUT2D eigenvalue weighted by Crippen LogP contribution is -2.34. The van der Waals surface area contributed by atoms with E-state index >= 15 is 0 Å². The molecule has 0 saturated carbocycles. The highest BCUT2D eigenvalue weighted by Crippen LogP contribution is 2.35. The van der Waals surface area contributed by atoms with E-state index in [0.717, 1.165) is 0 Å². The summed E-state index contributed by atoms with van der Waals surface area (Å²) in [5, 5.41) is 3.91. The summed E-state index contributed by atoms with van der Waals surface area (Å²) in [6, 6.07) is 32.0. The lowest BCUT2D eigenvalue weighted by Gasteiger charge is -2.34. The number of methoxy groups -OCH3 is 1. The van der Waals surface area contributed by atoms with Gasteiger partial charge in [-0.2, -0.15) is 0 Å². The Kier molecular flexibility index (Phi) is 6.80. The Morgan fingerprint density at radius 2 is 1.00 bits per heavy atom. The zero-order valence-corrected chi connectivity index (χ0v) is 16.4. The van der Waals surface area contributed by atoms with E-state index in [-0.39, 0.29) is 18.2 Å². The highest BCUT2D eigenvalue weighted by molar-refractivity contribution is 5.28. The third kappa shape index (κ3) is 4.85. The van der Waals surface area contributed by atoms with Crippen molar-refractivity contribution in [1.82, 2.24) is 5.32 Å². The highest BCUT2D eigenvalue weighted by atomic mass is 16.5. The standard InChI is InChI=1S/C25H29NO/c1-19(2)23(20-13-7-4-8-14-20)26-24(21-15-9-5-10-16-21)25(27-3)22-17-11-6-12-18-22/h4-19,23-26H,1-3H3/t23-,24+,25-/m1/s1. The summed E-state index contributed by atoms with van der Waals surface area (Å²) in [7, 11) is 1.79. The number of rotatable bonds is 8. The first-order valence-electron chi connectivity index (χ1n) is 9.64. The SMILES string of the molecule is CO[C@H](c1ccccc1)[C@@H](N[C@@H](c1ccccc1)C(C)C)c1ccccc1. The third-order valence-electron chi connectivity index (χ3n) is 5.03. The molecule has 2 heteroatoms. The Balaban J connectivity index is 1.99. The Morgan fingerprint density at radius 1 is 0.593 bits per heavy atom. The summed E-state index contributed by atoms with van der Waals surface area (Å²) in [6.07, 6.45) is -0.0708. The number of hydrogen-bond donors (Lipinski definition) is 1. The molecule has 3 rings (SSSR count). The molecule has 3 aromatic carbocycles. The van der Waals surface area contributed by atoms with Crippen LogP contribution < -0.4 is 5.32 Å². The van der Waals surface area contributed by atoms with Gasteiger partial charge in [0.2, 0.25) is 0 Å². The molecule has 0 radical (unpaired) electrons. The Labute approximate surface area is 163 Å². The minimum Gasteiger partial charge on any atom is -0.375 e. The molecule has 0 amide bonds. The van der Waals surface area contributed by atoms with Gasteiger partial charge < -0.3 is 10.1 Å². The van der Waals surface area contributed by atoms with Crippen LogP contribution in [0.2, 0.25) is 0 Å². The molecule has 1 N–H and O–H groups in total. The van der Waals surface area contributed by atoms with E-state index in [2.05, 4.69) is 104 Å². The Morgan fingerprint density at radius 3 is 1.41 bits per heavy atom. The maximum absolute atomic E-state index is 6.01. The largest absolute Gasteiger partial charge is 0.375 e. The van der Waals surface area contributed by atoms with Crippen molar-refractivity contribution in [2.45, 2.75) is 32.0 Å². The molecule has 0 fully saturated rings. The molecule has 0 bridgehead atoms. The molecule has 3 aromatic rings. The fraction of sp³-hybridized carbons (Fsp3) is 0.280. The molecule has 140 valence electrons. The van der Waals surface area contributed by atoms with Gasteiger partial charge in [-0.05, 0) is 22.6 Å². The molecule has 27 heavy (non-hydrogen) atoms. The van der Waals surface area contributed by atoms with Gasteiger partial charge in [0.25, 0.3) is 0 Å². The Hall–Kier alpha value is -2.42. The van der Waals surface area contributed by atoms with E-state index in [4.69, 9.17) is 4.74 Å². The second-order valence-electron chi connectivity index (χ2n) is 7.25. The predicted molar refractivity (Wildman–Crippen MR) is 113 cm³/mol. The molecule has 0 aliphatic rings. The molecule has 2 nitrogen and oxygen atoms in total. The molecule has 0 aliphatic heterocycles. The molecular weight excluding hydrogens is 330 g/mol. The summed E-state index contributed by atoms with van der Waals surface area (Å²) >= 11 is 0. The summed E-state index contributed by atoms with van der Waals surface area (Å²) in [4.78, 5) is 0. The monoisotopic (exact) mass is 359 g/mol. The van der Waals surface area contributed by atoms with E-state index in [1.54, 1.807) is 7.11 Å². The van der Waals surface area contributed by atoms with Crippen LogP contribution in [0, 0.1) is 5.92 Å². The summed E-state index contributed by atoms with van der Waals surface area (Å²) in [5.41, 5.74) is 3.71. The van der Waals surface area contributed by atoms with Crippen molar-refractivity contribution in [2.75, 3.05) is 7.11 Å². The second kappa shape index (κ2) is 9.50. The maximum Gasteiger partial charge on any atom is 0.102 e. The van der Waals surface area contributed by atoms with Gasteiger partial charge in [0, 0.05) is 13.2 Å². The molecule has 0 aromatic heterocycles. The molecule has 0 aliphatic carbocycles. The van der Waals surface area contributed by atoms with Crippen molar-refractivity contribution < 1.29 is 4.74 Å². The van der Waals surface area contributed by atoms with Crippen molar-refractivity contribution >= 4 is 0 Å². The minimum absolute atomic E-state index is 0.0474. The summed E-state index contributed by atoms with van der Waals surface area (Å²) < 4.78 is 6.01. The number of ether oxygens (including phenoxy) is 1. The van der Waals surface area contributed by atoms with E-state index in [1.165, 1.54) is 16.7 Å². The van der Waals surface area contributed by atoms with Crippen molar-refractivity contribution in [3.63, 3.8) is 0 Å². The van der Waals surface area contributed by atoms with Crippen LogP contribution in [0.4, 0.5) is 0 Å². The molecule has 3 atom stereocenters. The Bertz CT molecular complexity index is 786. The van der Waals surface area contributed by atoms with Crippen LogP contribution >= 0.6 is 0 Å². The minimum atomic E-state index is -0.0708. The lowest BCUT2D eigenvalue weighted by molar-refractivity contribution is 0.0603. The average molecular weight is 360 g/mol. The molecule has 0 saturated heterocycles. The fourth-order valence-corrected chi connectivity index (χ4v) is 3.65. The zero-order chi connectivity index (χ0) is 19.1. The smallest absolute Gasteiger partial charge is 0.102 e. The van der Waals surface area contributed by atoms with Gasteiger partial charge in [0.1, 0.15) is 6.10 Å². The number of hydrogen-bond acceptors (Lipinski definition) is 2. The zero-order valence-electron chi connectivity index (χ0n) is 16.4. The van der Waals surface area contributed by atoms with E-state index in [9.17, 15) is 0 Å². The van der Waals surface area contributed by atoms with Crippen molar-refractivity contribution in [1.29, 1.82) is 0 Å². The topological polar surface area (TPSA) is 21.3 Å². The van der Waals surface area contributed by atoms with Crippen LogP contribution in [-0.4, -0.2) is 7.11 Å². The van der Waals surface area contributed by atoms with Gasteiger partial charge in [-0.3, -0.25) is 0 Å². The van der Waals surface area contributed by atoms with Crippen LogP contribution in [0.25, 0.3) is 0 Å². The molecular formula is C25H29NO. The van der Waals surface area contributed by atoms with Gasteiger partial charge in [0.15, 0.2) is 0 Å². The summed E-state index contributed by atoms with van der Waals surface area (Å²) in [6.45, 7) is 4.52. The van der Waals surface area contributed by atoms with Crippen molar-refractivity contribution in [3.05, 3.63) is 108 Å². The first-order chi connectivity index (χ1) is 13.2. The van der Waals surface area contributed by atoms with Gasteiger partial charge in [-0.15, -0.1) is 0 Å². The van der Waals surface area contributed by atoms with Gasteiger partial charge in [-0.1, -0.05) is 105 Å². The van der Waals surface area contributed by atoms with Crippen LogP contribution in [0.1, 0.15) is 48.7 Å². The van der Waals surface area contributed by atoms with E-state index in [0.29, 0.717) is 5.92 Å². The fourth-order valence-electron chi connectivity index (χ4n) is 3.65. The van der Waals surface area contributed by atoms with E-state index < -0.39 is 0 Å². The van der Waals surface area contributed by atoms with E-state index in [1.807, 2.05) is 6.07 Å². The predicted octanol–water partition coefficient (Wildman–Crippen LogP) is 6.10. The first-order valence-corrected chi connectivity index (χ1v) is 9.64. The molecule has 0 spiro atoms. The lowest BCUT2D eigenvalue weighted by atomic mass is 9.90. The maximum atomic E-state index is 6.01. The van der Waals surface area contributed by atoms with Gasteiger partial charge in [0.05, 0.1) is 6.04 Å². The normalized spacial score (nSPS) is 14.7. The highest BCUT2D eigenvalue weighted by Gasteiger charge is 2.28. The van der Waals surface area contributed by atoms with Crippen LogP contribution in [0.15, 0.2) is 91.0 Å². The van der Waals surface area contributed by atoms with Crippen molar-refractivity contribution in [3.8, 4) is 0 Å².